The number of pyridine rings is 1. The Morgan fingerprint density at radius 3 is 2.71 bits per heavy atom. The average Bonchev–Trinajstić information content (AvgIpc) is 3.61. The van der Waals surface area contributed by atoms with Crippen LogP contribution in [0.3, 0.4) is 0 Å². The highest BCUT2D eigenvalue weighted by Gasteiger charge is 2.28. The van der Waals surface area contributed by atoms with E-state index in [2.05, 4.69) is 21.4 Å². The lowest BCUT2D eigenvalue weighted by Gasteiger charge is -2.20. The lowest BCUT2D eigenvalue weighted by atomic mass is 9.91. The molecule has 1 fully saturated rings. The van der Waals surface area contributed by atoms with Crippen molar-refractivity contribution in [2.45, 2.75) is 76.0 Å². The molecule has 7 nitrogen and oxygen atoms in total. The smallest absolute Gasteiger partial charge is 0.303 e. The van der Waals surface area contributed by atoms with Crippen molar-refractivity contribution < 1.29 is 14.7 Å². The van der Waals surface area contributed by atoms with E-state index in [1.54, 1.807) is 12.4 Å². The molecule has 0 radical (unpaired) electrons. The number of nitrogens with one attached hydrogen (secondary N) is 1. The van der Waals surface area contributed by atoms with Crippen molar-refractivity contribution in [1.82, 2.24) is 15.0 Å². The molecule has 4 rings (SSSR count). The van der Waals surface area contributed by atoms with Gasteiger partial charge in [-0.15, -0.1) is 0 Å². The monoisotopic (exact) mass is 422 g/mol. The fourth-order valence-electron chi connectivity index (χ4n) is 4.42. The zero-order valence-electron chi connectivity index (χ0n) is 17.8. The van der Waals surface area contributed by atoms with E-state index < -0.39 is 5.97 Å². The van der Waals surface area contributed by atoms with Crippen LogP contribution in [0, 0.1) is 0 Å². The van der Waals surface area contributed by atoms with Gasteiger partial charge in [-0.25, -0.2) is 15.0 Å². The minimum atomic E-state index is -0.915. The van der Waals surface area contributed by atoms with Gasteiger partial charge >= 0.3 is 5.97 Å². The molecule has 2 aromatic rings. The first-order valence-corrected chi connectivity index (χ1v) is 11.3. The molecule has 7 heteroatoms. The van der Waals surface area contributed by atoms with Crippen molar-refractivity contribution in [3.8, 4) is 0 Å². The summed E-state index contributed by atoms with van der Waals surface area (Å²) in [6.45, 7) is 0.987. The summed E-state index contributed by atoms with van der Waals surface area (Å²) in [6, 6.07) is 2.37. The van der Waals surface area contributed by atoms with Crippen LogP contribution in [0.15, 0.2) is 24.8 Å². The number of carbonyl (C=O) groups is 2. The van der Waals surface area contributed by atoms with Gasteiger partial charge in [0.25, 0.3) is 0 Å². The number of hydrogen-bond donors (Lipinski definition) is 2. The topological polar surface area (TPSA) is 105 Å². The summed E-state index contributed by atoms with van der Waals surface area (Å²) in [5.41, 5.74) is 4.66. The van der Waals surface area contributed by atoms with Crippen LogP contribution in [-0.2, 0) is 22.4 Å². The third kappa shape index (κ3) is 5.87. The fraction of sp³-hybridized carbons (Fsp3) is 0.542. The van der Waals surface area contributed by atoms with Gasteiger partial charge in [-0.05, 0) is 67.6 Å². The molecule has 164 valence electrons. The summed E-state index contributed by atoms with van der Waals surface area (Å²) in [7, 11) is 0. The van der Waals surface area contributed by atoms with Crippen LogP contribution in [0.25, 0.3) is 0 Å². The molecule has 0 unspecified atom stereocenters. The van der Waals surface area contributed by atoms with Crippen LogP contribution in [0.1, 0.15) is 85.6 Å². The number of ketones is 1. The maximum Gasteiger partial charge on any atom is 0.303 e. The highest BCUT2D eigenvalue weighted by molar-refractivity contribution is 5.80. The van der Waals surface area contributed by atoms with Gasteiger partial charge in [0, 0.05) is 43.4 Å². The molecule has 3 heterocycles. The number of carboxylic acid groups (broad SMARTS) is 1. The van der Waals surface area contributed by atoms with Gasteiger partial charge in [-0.2, -0.15) is 0 Å². The van der Waals surface area contributed by atoms with E-state index in [1.807, 2.05) is 0 Å². The molecule has 0 saturated heterocycles. The summed E-state index contributed by atoms with van der Waals surface area (Å²) in [5, 5.41) is 12.6. The molecule has 2 aliphatic rings. The number of carbonyl (C=O) groups excluding carboxylic acids is 1. The molecule has 2 aromatic heterocycles. The summed E-state index contributed by atoms with van der Waals surface area (Å²) >= 11 is 0. The number of rotatable bonds is 11. The quantitative estimate of drug-likeness (QED) is 0.527. The van der Waals surface area contributed by atoms with E-state index in [-0.39, 0.29) is 24.5 Å². The number of unbranched alkanes of at least 4 members (excludes halogenated alkanes) is 1. The Bertz CT molecular complexity index is 928. The van der Waals surface area contributed by atoms with Gasteiger partial charge < -0.3 is 10.4 Å². The van der Waals surface area contributed by atoms with Crippen molar-refractivity contribution in [3.63, 3.8) is 0 Å². The Hall–Kier alpha value is -2.83. The van der Waals surface area contributed by atoms with Crippen LogP contribution >= 0.6 is 0 Å². The number of Topliss-reactive ketones (excluding diaryl/α,β-unsaturated/α-hetero) is 1. The van der Waals surface area contributed by atoms with Gasteiger partial charge in [-0.1, -0.05) is 6.07 Å². The predicted molar refractivity (Wildman–Crippen MR) is 117 cm³/mol. The highest BCUT2D eigenvalue weighted by Crippen LogP contribution is 2.43. The lowest BCUT2D eigenvalue weighted by molar-refractivity contribution is -0.137. The standard InChI is InChI=1S/C24H30N4O3/c29-20(10-18(12-23(30)31)19-13-25-15-26-14-19)5-1-2-6-22-21(16-7-8-16)11-17-4-3-9-27-24(17)28-22/h11,13-16,18H,1-10,12H2,(H,27,28)(H,30,31)/t18-/m0/s1. The van der Waals surface area contributed by atoms with Gasteiger partial charge in [0.15, 0.2) is 0 Å². The second-order valence-electron chi connectivity index (χ2n) is 8.75. The number of fused-ring (bicyclic) bond motifs is 1. The Labute approximate surface area is 182 Å². The Morgan fingerprint density at radius 1 is 1.16 bits per heavy atom. The Kier molecular flexibility index (Phi) is 6.89. The maximum absolute atomic E-state index is 12.5. The van der Waals surface area contributed by atoms with Gasteiger partial charge in [0.1, 0.15) is 17.9 Å². The first-order chi connectivity index (χ1) is 15.1. The van der Waals surface area contributed by atoms with Gasteiger partial charge in [0.2, 0.25) is 0 Å². The largest absolute Gasteiger partial charge is 0.481 e. The van der Waals surface area contributed by atoms with E-state index >= 15 is 0 Å². The predicted octanol–water partition coefficient (Wildman–Crippen LogP) is 4.04. The summed E-state index contributed by atoms with van der Waals surface area (Å²) in [4.78, 5) is 36.6. The van der Waals surface area contributed by atoms with Crippen molar-refractivity contribution in [2.24, 2.45) is 0 Å². The number of aliphatic carboxylic acids is 1. The summed E-state index contributed by atoms with van der Waals surface area (Å²) in [5.74, 6) is 0.518. The van der Waals surface area contributed by atoms with Crippen molar-refractivity contribution in [2.75, 3.05) is 11.9 Å². The van der Waals surface area contributed by atoms with Crippen LogP contribution in [0.5, 0.6) is 0 Å². The summed E-state index contributed by atoms with van der Waals surface area (Å²) in [6.07, 6.45) is 12.6. The molecule has 0 amide bonds. The zero-order valence-corrected chi connectivity index (χ0v) is 17.8. The van der Waals surface area contributed by atoms with E-state index in [0.717, 1.165) is 44.5 Å². The van der Waals surface area contributed by atoms with Crippen molar-refractivity contribution in [3.05, 3.63) is 47.2 Å². The number of hydrogen-bond acceptors (Lipinski definition) is 6. The first kappa shape index (κ1) is 21.4. The molecule has 0 bridgehead atoms. The second kappa shape index (κ2) is 9.98. The Balaban J connectivity index is 1.30. The molecule has 1 aliphatic carbocycles. The molecule has 0 aromatic carbocycles. The molecule has 1 saturated carbocycles. The first-order valence-electron chi connectivity index (χ1n) is 11.3. The van der Waals surface area contributed by atoms with Crippen LogP contribution in [-0.4, -0.2) is 38.4 Å². The number of nitrogens with zero attached hydrogens (tertiary/aromatic N) is 3. The fourth-order valence-corrected chi connectivity index (χ4v) is 4.42. The molecule has 31 heavy (non-hydrogen) atoms. The number of aryl methyl sites for hydroxylation is 2. The maximum atomic E-state index is 12.5. The molecule has 2 N–H and O–H groups in total. The normalized spacial score (nSPS) is 16.3. The Morgan fingerprint density at radius 2 is 1.97 bits per heavy atom. The average molecular weight is 423 g/mol. The van der Waals surface area contributed by atoms with Crippen LogP contribution in [0.2, 0.25) is 0 Å². The van der Waals surface area contributed by atoms with Gasteiger partial charge in [0.05, 0.1) is 6.42 Å². The van der Waals surface area contributed by atoms with E-state index in [9.17, 15) is 14.7 Å². The highest BCUT2D eigenvalue weighted by atomic mass is 16.4. The molecule has 1 atom stereocenters. The minimum absolute atomic E-state index is 0.0874. The number of anilines is 1. The van der Waals surface area contributed by atoms with Crippen molar-refractivity contribution >= 4 is 17.6 Å². The molecular weight excluding hydrogens is 392 g/mol. The molecular formula is C24H30N4O3. The third-order valence-electron chi connectivity index (χ3n) is 6.21. The number of carboxylic acids is 1. The second-order valence-corrected chi connectivity index (χ2v) is 8.75. The van der Waals surface area contributed by atoms with Gasteiger partial charge in [-0.3, -0.25) is 9.59 Å². The SMILES string of the molecule is O=C(O)C[C@H](CC(=O)CCCCc1nc2c(cc1C1CC1)CCCN2)c1cncnc1. The van der Waals surface area contributed by atoms with E-state index in [1.165, 1.54) is 36.0 Å². The minimum Gasteiger partial charge on any atom is -0.481 e. The van der Waals surface area contributed by atoms with Crippen LogP contribution < -0.4 is 5.32 Å². The van der Waals surface area contributed by atoms with E-state index in [4.69, 9.17) is 4.98 Å². The molecule has 0 spiro atoms. The van der Waals surface area contributed by atoms with E-state index in [0.29, 0.717) is 17.9 Å². The third-order valence-corrected chi connectivity index (χ3v) is 6.21. The molecule has 1 aliphatic heterocycles. The van der Waals surface area contributed by atoms with Crippen molar-refractivity contribution in [1.29, 1.82) is 0 Å². The lowest BCUT2D eigenvalue weighted by Crippen LogP contribution is -2.15. The zero-order chi connectivity index (χ0) is 21.6. The summed E-state index contributed by atoms with van der Waals surface area (Å²) < 4.78 is 0. The number of aromatic nitrogens is 3. The van der Waals surface area contributed by atoms with Crippen LogP contribution in [0.4, 0.5) is 5.82 Å².